The number of rotatable bonds is 4. The quantitative estimate of drug-likeness (QED) is 0.707. The molecule has 0 bridgehead atoms. The molecule has 0 aromatic rings. The van der Waals surface area contributed by atoms with Gasteiger partial charge in [0.25, 0.3) is 0 Å². The van der Waals surface area contributed by atoms with Crippen molar-refractivity contribution in [2.75, 3.05) is 13.6 Å². The fraction of sp³-hybridized carbons (Fsp3) is 0.900. The topological polar surface area (TPSA) is 32.3 Å². The SMILES string of the molecule is CCCC(C)N1CCC(NC)C1=O. The lowest BCUT2D eigenvalue weighted by atomic mass is 10.2. The zero-order valence-corrected chi connectivity index (χ0v) is 8.84. The minimum Gasteiger partial charge on any atom is -0.339 e. The van der Waals surface area contributed by atoms with Crippen LogP contribution in [0.15, 0.2) is 0 Å². The van der Waals surface area contributed by atoms with Gasteiger partial charge in [0.2, 0.25) is 5.91 Å². The smallest absolute Gasteiger partial charge is 0.240 e. The van der Waals surface area contributed by atoms with Crippen LogP contribution in [-0.4, -0.2) is 36.5 Å². The van der Waals surface area contributed by atoms with Crippen molar-refractivity contribution < 1.29 is 4.79 Å². The molecule has 1 N–H and O–H groups in total. The van der Waals surface area contributed by atoms with Crippen LogP contribution in [-0.2, 0) is 4.79 Å². The number of nitrogens with zero attached hydrogens (tertiary/aromatic N) is 1. The van der Waals surface area contributed by atoms with Gasteiger partial charge in [-0.25, -0.2) is 0 Å². The lowest BCUT2D eigenvalue weighted by Gasteiger charge is -2.24. The predicted octanol–water partition coefficient (Wildman–Crippen LogP) is 0.995. The first kappa shape index (κ1) is 10.5. The number of amides is 1. The largest absolute Gasteiger partial charge is 0.339 e. The molecule has 1 fully saturated rings. The summed E-state index contributed by atoms with van der Waals surface area (Å²) in [5.74, 6) is 0.281. The maximum atomic E-state index is 11.7. The van der Waals surface area contributed by atoms with Crippen molar-refractivity contribution in [2.24, 2.45) is 0 Å². The van der Waals surface area contributed by atoms with E-state index < -0.39 is 0 Å². The Hall–Kier alpha value is -0.570. The average molecular weight is 184 g/mol. The molecule has 76 valence electrons. The summed E-state index contributed by atoms with van der Waals surface area (Å²) in [7, 11) is 1.86. The van der Waals surface area contributed by atoms with Gasteiger partial charge < -0.3 is 10.2 Å². The van der Waals surface area contributed by atoms with E-state index in [4.69, 9.17) is 0 Å². The van der Waals surface area contributed by atoms with Gasteiger partial charge in [0.1, 0.15) is 0 Å². The van der Waals surface area contributed by atoms with Crippen molar-refractivity contribution in [3.8, 4) is 0 Å². The van der Waals surface area contributed by atoms with E-state index in [9.17, 15) is 4.79 Å². The zero-order valence-electron chi connectivity index (χ0n) is 8.84. The molecule has 2 atom stereocenters. The summed E-state index contributed by atoms with van der Waals surface area (Å²) in [6.07, 6.45) is 3.22. The van der Waals surface area contributed by atoms with Crippen LogP contribution < -0.4 is 5.32 Å². The fourth-order valence-corrected chi connectivity index (χ4v) is 1.98. The average Bonchev–Trinajstić information content (AvgIpc) is 2.47. The van der Waals surface area contributed by atoms with Crippen LogP contribution in [0.4, 0.5) is 0 Å². The number of nitrogens with one attached hydrogen (secondary N) is 1. The van der Waals surface area contributed by atoms with Crippen LogP contribution in [0.5, 0.6) is 0 Å². The van der Waals surface area contributed by atoms with Crippen molar-refractivity contribution in [3.63, 3.8) is 0 Å². The summed E-state index contributed by atoms with van der Waals surface area (Å²) < 4.78 is 0. The van der Waals surface area contributed by atoms with E-state index in [-0.39, 0.29) is 11.9 Å². The summed E-state index contributed by atoms with van der Waals surface area (Å²) >= 11 is 0. The predicted molar refractivity (Wildman–Crippen MR) is 53.5 cm³/mol. The molecule has 0 saturated carbocycles. The van der Waals surface area contributed by atoms with Gasteiger partial charge in [-0.1, -0.05) is 13.3 Å². The van der Waals surface area contributed by atoms with Crippen LogP contribution in [0.25, 0.3) is 0 Å². The van der Waals surface area contributed by atoms with E-state index in [2.05, 4.69) is 19.2 Å². The van der Waals surface area contributed by atoms with Gasteiger partial charge in [0.05, 0.1) is 6.04 Å². The number of carbonyl (C=O) groups is 1. The maximum Gasteiger partial charge on any atom is 0.240 e. The highest BCUT2D eigenvalue weighted by atomic mass is 16.2. The Kier molecular flexibility index (Phi) is 3.72. The highest BCUT2D eigenvalue weighted by molar-refractivity contribution is 5.84. The molecular formula is C10H20N2O. The molecule has 13 heavy (non-hydrogen) atoms. The van der Waals surface area contributed by atoms with Crippen molar-refractivity contribution in [3.05, 3.63) is 0 Å². The third kappa shape index (κ3) is 2.21. The number of carbonyl (C=O) groups excluding carboxylic acids is 1. The van der Waals surface area contributed by atoms with Gasteiger partial charge in [0.15, 0.2) is 0 Å². The molecule has 0 aromatic carbocycles. The monoisotopic (exact) mass is 184 g/mol. The van der Waals surface area contributed by atoms with Crippen LogP contribution >= 0.6 is 0 Å². The molecule has 1 aliphatic heterocycles. The molecule has 0 spiro atoms. The lowest BCUT2D eigenvalue weighted by Crippen LogP contribution is -2.40. The zero-order chi connectivity index (χ0) is 9.84. The molecule has 3 nitrogen and oxygen atoms in total. The second kappa shape index (κ2) is 4.61. The third-order valence-corrected chi connectivity index (χ3v) is 2.83. The van der Waals surface area contributed by atoms with Gasteiger partial charge in [-0.15, -0.1) is 0 Å². The van der Waals surface area contributed by atoms with E-state index in [1.807, 2.05) is 11.9 Å². The van der Waals surface area contributed by atoms with Crippen LogP contribution in [0.2, 0.25) is 0 Å². The first-order chi connectivity index (χ1) is 6.20. The highest BCUT2D eigenvalue weighted by Gasteiger charge is 2.32. The summed E-state index contributed by atoms with van der Waals surface area (Å²) in [5.41, 5.74) is 0. The lowest BCUT2D eigenvalue weighted by molar-refractivity contribution is -0.131. The van der Waals surface area contributed by atoms with Crippen molar-refractivity contribution in [2.45, 2.75) is 45.2 Å². The van der Waals surface area contributed by atoms with E-state index in [1.54, 1.807) is 0 Å². The van der Waals surface area contributed by atoms with Gasteiger partial charge in [-0.3, -0.25) is 4.79 Å². The third-order valence-electron chi connectivity index (χ3n) is 2.83. The second-order valence-corrected chi connectivity index (χ2v) is 3.80. The molecule has 1 rings (SSSR count). The van der Waals surface area contributed by atoms with E-state index in [0.29, 0.717) is 6.04 Å². The molecule has 0 radical (unpaired) electrons. The molecule has 1 aliphatic rings. The maximum absolute atomic E-state index is 11.7. The molecule has 0 aromatic heterocycles. The minimum atomic E-state index is 0.0688. The first-order valence-electron chi connectivity index (χ1n) is 5.18. The summed E-state index contributed by atoms with van der Waals surface area (Å²) in [6.45, 7) is 5.22. The van der Waals surface area contributed by atoms with Crippen LogP contribution in [0, 0.1) is 0 Å². The molecule has 3 heteroatoms. The molecule has 1 saturated heterocycles. The molecule has 0 aliphatic carbocycles. The van der Waals surface area contributed by atoms with Crippen LogP contribution in [0.3, 0.4) is 0 Å². The van der Waals surface area contributed by atoms with Crippen molar-refractivity contribution >= 4 is 5.91 Å². The molecule has 1 heterocycles. The van der Waals surface area contributed by atoms with Crippen molar-refractivity contribution in [1.82, 2.24) is 10.2 Å². The van der Waals surface area contributed by atoms with Gasteiger partial charge in [-0.05, 0) is 26.8 Å². The first-order valence-corrected chi connectivity index (χ1v) is 5.18. The second-order valence-electron chi connectivity index (χ2n) is 3.80. The Morgan fingerprint density at radius 3 is 2.85 bits per heavy atom. The highest BCUT2D eigenvalue weighted by Crippen LogP contribution is 2.16. The van der Waals surface area contributed by atoms with Crippen LogP contribution in [0.1, 0.15) is 33.1 Å². The summed E-state index contributed by atoms with van der Waals surface area (Å²) in [4.78, 5) is 13.7. The number of likely N-dealkylation sites (N-methyl/N-ethyl adjacent to an activating group) is 1. The molecule has 1 amide bonds. The Morgan fingerprint density at radius 2 is 2.38 bits per heavy atom. The molecular weight excluding hydrogens is 164 g/mol. The van der Waals surface area contributed by atoms with E-state index in [0.717, 1.165) is 25.8 Å². The summed E-state index contributed by atoms with van der Waals surface area (Å²) in [6, 6.07) is 0.482. The van der Waals surface area contributed by atoms with Gasteiger partial charge in [-0.2, -0.15) is 0 Å². The summed E-state index contributed by atoms with van der Waals surface area (Å²) in [5, 5.41) is 3.05. The Morgan fingerprint density at radius 1 is 1.69 bits per heavy atom. The standard InChI is InChI=1S/C10H20N2O/c1-4-5-8(2)12-7-6-9(11-3)10(12)13/h8-9,11H,4-7H2,1-3H3. The fourth-order valence-electron chi connectivity index (χ4n) is 1.98. The van der Waals surface area contributed by atoms with E-state index >= 15 is 0 Å². The van der Waals surface area contributed by atoms with Gasteiger partial charge >= 0.3 is 0 Å². The molecule has 2 unspecified atom stereocenters. The normalized spacial score (nSPS) is 25.3. The Balaban J connectivity index is 2.49. The minimum absolute atomic E-state index is 0.0688. The number of hydrogen-bond acceptors (Lipinski definition) is 2. The van der Waals surface area contributed by atoms with Crippen molar-refractivity contribution in [1.29, 1.82) is 0 Å². The van der Waals surface area contributed by atoms with E-state index in [1.165, 1.54) is 0 Å². The Bertz CT molecular complexity index is 182. The Labute approximate surface area is 80.5 Å². The number of likely N-dealkylation sites (tertiary alicyclic amines) is 1. The number of hydrogen-bond donors (Lipinski definition) is 1. The van der Waals surface area contributed by atoms with Gasteiger partial charge in [0, 0.05) is 12.6 Å².